The Bertz CT molecular complexity index is 775. The van der Waals surface area contributed by atoms with Crippen molar-refractivity contribution in [3.8, 4) is 0 Å². The zero-order valence-corrected chi connectivity index (χ0v) is 17.8. The zero-order valence-electron chi connectivity index (χ0n) is 17.8. The molecule has 5 nitrogen and oxygen atoms in total. The lowest BCUT2D eigenvalue weighted by atomic mass is 9.99. The van der Waals surface area contributed by atoms with Crippen LogP contribution in [0.5, 0.6) is 0 Å². The molecule has 162 valence electrons. The van der Waals surface area contributed by atoms with Gasteiger partial charge in [-0.15, -0.1) is 0 Å². The molecule has 1 heterocycles. The molecule has 1 saturated heterocycles. The Labute approximate surface area is 178 Å². The molecule has 3 unspecified atom stereocenters. The first-order chi connectivity index (χ1) is 14.6. The van der Waals surface area contributed by atoms with Gasteiger partial charge in [-0.1, -0.05) is 56.3 Å². The average Bonchev–Trinajstić information content (AvgIpc) is 3.31. The van der Waals surface area contributed by atoms with Gasteiger partial charge in [-0.3, -0.25) is 4.90 Å². The van der Waals surface area contributed by atoms with Gasteiger partial charge in [0.2, 0.25) is 0 Å². The number of hydrogen-bond acceptors (Lipinski definition) is 3. The van der Waals surface area contributed by atoms with Crippen LogP contribution in [0.3, 0.4) is 0 Å². The SMILES string of the molecule is CCN(CC)C(CNC(=O)NC(c1ccc(F)cc1)C1CCCO1)c1ccccc1. The number of nitrogens with one attached hydrogen (secondary N) is 2. The molecule has 2 N–H and O–H groups in total. The fourth-order valence-corrected chi connectivity index (χ4v) is 4.11. The van der Waals surface area contributed by atoms with Gasteiger partial charge >= 0.3 is 6.03 Å². The van der Waals surface area contributed by atoms with E-state index in [4.69, 9.17) is 4.74 Å². The second-order valence-corrected chi connectivity index (χ2v) is 7.58. The number of hydrogen-bond donors (Lipinski definition) is 2. The molecule has 2 amide bonds. The summed E-state index contributed by atoms with van der Waals surface area (Å²) in [4.78, 5) is 15.1. The Morgan fingerprint density at radius 1 is 1.10 bits per heavy atom. The molecule has 0 aromatic heterocycles. The highest BCUT2D eigenvalue weighted by atomic mass is 19.1. The van der Waals surface area contributed by atoms with Crippen molar-refractivity contribution in [1.29, 1.82) is 0 Å². The van der Waals surface area contributed by atoms with Crippen molar-refractivity contribution in [3.63, 3.8) is 0 Å². The summed E-state index contributed by atoms with van der Waals surface area (Å²) < 4.78 is 19.2. The number of ether oxygens (including phenoxy) is 1. The van der Waals surface area contributed by atoms with E-state index in [1.54, 1.807) is 12.1 Å². The van der Waals surface area contributed by atoms with E-state index in [9.17, 15) is 9.18 Å². The minimum absolute atomic E-state index is 0.0963. The summed E-state index contributed by atoms with van der Waals surface area (Å²) in [6, 6.07) is 16.0. The molecule has 2 aromatic carbocycles. The number of benzene rings is 2. The number of amides is 2. The van der Waals surface area contributed by atoms with Crippen molar-refractivity contribution in [2.24, 2.45) is 0 Å². The maximum absolute atomic E-state index is 13.4. The number of likely N-dealkylation sites (N-methyl/N-ethyl adjacent to an activating group) is 1. The molecule has 3 rings (SSSR count). The van der Waals surface area contributed by atoms with Crippen LogP contribution in [0.4, 0.5) is 9.18 Å². The minimum atomic E-state index is -0.309. The Kier molecular flexibility index (Phi) is 8.22. The summed E-state index contributed by atoms with van der Waals surface area (Å²) in [5.74, 6) is -0.292. The third-order valence-corrected chi connectivity index (χ3v) is 5.75. The molecular weight excluding hydrogens is 381 g/mol. The minimum Gasteiger partial charge on any atom is -0.376 e. The smallest absolute Gasteiger partial charge is 0.315 e. The van der Waals surface area contributed by atoms with E-state index >= 15 is 0 Å². The molecule has 0 spiro atoms. The summed E-state index contributed by atoms with van der Waals surface area (Å²) in [6.45, 7) is 7.23. The lowest BCUT2D eigenvalue weighted by molar-refractivity contribution is 0.0805. The third kappa shape index (κ3) is 5.80. The molecule has 0 bridgehead atoms. The van der Waals surface area contributed by atoms with Gasteiger partial charge in [0.1, 0.15) is 5.82 Å². The molecule has 1 aliphatic rings. The summed E-state index contributed by atoms with van der Waals surface area (Å²) in [7, 11) is 0. The molecule has 6 heteroatoms. The zero-order chi connectivity index (χ0) is 21.3. The van der Waals surface area contributed by atoms with Crippen LogP contribution >= 0.6 is 0 Å². The maximum Gasteiger partial charge on any atom is 0.315 e. The highest BCUT2D eigenvalue weighted by Crippen LogP contribution is 2.27. The molecule has 3 atom stereocenters. The van der Waals surface area contributed by atoms with Gasteiger partial charge < -0.3 is 15.4 Å². The van der Waals surface area contributed by atoms with E-state index in [1.165, 1.54) is 17.7 Å². The van der Waals surface area contributed by atoms with Crippen molar-refractivity contribution in [2.45, 2.75) is 44.9 Å². The summed E-state index contributed by atoms with van der Waals surface area (Å²) in [5.41, 5.74) is 2.03. The van der Waals surface area contributed by atoms with Crippen LogP contribution < -0.4 is 10.6 Å². The van der Waals surface area contributed by atoms with Crippen LogP contribution in [0.25, 0.3) is 0 Å². The molecule has 1 aliphatic heterocycles. The number of carbonyl (C=O) groups is 1. The van der Waals surface area contributed by atoms with E-state index in [0.717, 1.165) is 31.5 Å². The van der Waals surface area contributed by atoms with E-state index < -0.39 is 0 Å². The van der Waals surface area contributed by atoms with Crippen LogP contribution in [0.15, 0.2) is 54.6 Å². The third-order valence-electron chi connectivity index (χ3n) is 5.75. The van der Waals surface area contributed by atoms with Gasteiger partial charge in [0.05, 0.1) is 18.2 Å². The number of rotatable bonds is 9. The van der Waals surface area contributed by atoms with Crippen molar-refractivity contribution in [1.82, 2.24) is 15.5 Å². The number of halogens is 1. The highest BCUT2D eigenvalue weighted by Gasteiger charge is 2.29. The predicted octanol–water partition coefficient (Wildman–Crippen LogP) is 4.43. The summed E-state index contributed by atoms with van der Waals surface area (Å²) in [5, 5.41) is 6.10. The fourth-order valence-electron chi connectivity index (χ4n) is 4.11. The van der Waals surface area contributed by atoms with Gasteiger partial charge in [-0.05, 0) is 49.2 Å². The Hall–Kier alpha value is -2.44. The van der Waals surface area contributed by atoms with Gasteiger partial charge in [-0.2, -0.15) is 0 Å². The molecule has 0 saturated carbocycles. The lowest BCUT2D eigenvalue weighted by Crippen LogP contribution is -2.45. The van der Waals surface area contributed by atoms with Gasteiger partial charge in [0.15, 0.2) is 0 Å². The molecule has 0 aliphatic carbocycles. The van der Waals surface area contributed by atoms with E-state index in [0.29, 0.717) is 13.2 Å². The Balaban J connectivity index is 1.68. The summed E-state index contributed by atoms with van der Waals surface area (Å²) in [6.07, 6.45) is 1.73. The average molecular weight is 414 g/mol. The van der Waals surface area contributed by atoms with Crippen LogP contribution in [0, 0.1) is 5.82 Å². The van der Waals surface area contributed by atoms with Gasteiger partial charge in [0, 0.05) is 13.2 Å². The van der Waals surface area contributed by atoms with Gasteiger partial charge in [0.25, 0.3) is 0 Å². The lowest BCUT2D eigenvalue weighted by Gasteiger charge is -2.31. The van der Waals surface area contributed by atoms with Crippen molar-refractivity contribution in [3.05, 3.63) is 71.5 Å². The van der Waals surface area contributed by atoms with E-state index in [-0.39, 0.29) is 30.0 Å². The first-order valence-electron chi connectivity index (χ1n) is 10.8. The topological polar surface area (TPSA) is 53.6 Å². The molecule has 30 heavy (non-hydrogen) atoms. The molecule has 1 fully saturated rings. The van der Waals surface area contributed by atoms with E-state index in [1.807, 2.05) is 18.2 Å². The fraction of sp³-hybridized carbons (Fsp3) is 0.458. The second kappa shape index (κ2) is 11.1. The standard InChI is InChI=1S/C24H32FN3O2/c1-3-28(4-2)21(18-9-6-5-7-10-18)17-26-24(29)27-23(22-11-8-16-30-22)19-12-14-20(25)15-13-19/h5-7,9-10,12-15,21-23H,3-4,8,11,16-17H2,1-2H3,(H2,26,27,29). The normalized spacial score (nSPS) is 18.2. The number of nitrogens with zero attached hydrogens (tertiary/aromatic N) is 1. The molecule has 0 radical (unpaired) electrons. The van der Waals surface area contributed by atoms with Crippen molar-refractivity contribution >= 4 is 6.03 Å². The first kappa shape index (κ1) is 22.2. The van der Waals surface area contributed by atoms with Crippen LogP contribution in [-0.4, -0.2) is 43.3 Å². The molecule has 2 aromatic rings. The van der Waals surface area contributed by atoms with Crippen molar-refractivity contribution in [2.75, 3.05) is 26.2 Å². The van der Waals surface area contributed by atoms with Gasteiger partial charge in [-0.25, -0.2) is 9.18 Å². The summed E-state index contributed by atoms with van der Waals surface area (Å²) >= 11 is 0. The van der Waals surface area contributed by atoms with Crippen LogP contribution in [-0.2, 0) is 4.74 Å². The first-order valence-corrected chi connectivity index (χ1v) is 10.8. The quantitative estimate of drug-likeness (QED) is 0.640. The Morgan fingerprint density at radius 3 is 2.40 bits per heavy atom. The second-order valence-electron chi connectivity index (χ2n) is 7.58. The van der Waals surface area contributed by atoms with Crippen LogP contribution in [0.1, 0.15) is 49.9 Å². The maximum atomic E-state index is 13.4. The monoisotopic (exact) mass is 413 g/mol. The highest BCUT2D eigenvalue weighted by molar-refractivity contribution is 5.74. The predicted molar refractivity (Wildman–Crippen MR) is 117 cm³/mol. The molecular formula is C24H32FN3O2. The van der Waals surface area contributed by atoms with Crippen LogP contribution in [0.2, 0.25) is 0 Å². The largest absolute Gasteiger partial charge is 0.376 e. The Morgan fingerprint density at radius 2 is 1.80 bits per heavy atom. The van der Waals surface area contributed by atoms with E-state index in [2.05, 4.69) is 41.5 Å². The number of urea groups is 1. The van der Waals surface area contributed by atoms with Crippen molar-refractivity contribution < 1.29 is 13.9 Å². The number of carbonyl (C=O) groups excluding carboxylic acids is 1.